The van der Waals surface area contributed by atoms with E-state index in [0.29, 0.717) is 6.54 Å². The summed E-state index contributed by atoms with van der Waals surface area (Å²) < 4.78 is 7.10. The zero-order valence-corrected chi connectivity index (χ0v) is 16.4. The maximum absolute atomic E-state index is 11.5. The number of esters is 1. The third kappa shape index (κ3) is 3.81. The lowest BCUT2D eigenvalue weighted by molar-refractivity contribution is -0.142. The topological polar surface area (TPSA) is 50.6 Å². The van der Waals surface area contributed by atoms with Crippen LogP contribution in [0.15, 0.2) is 24.3 Å². The molecule has 4 rings (SSSR count). The predicted octanol–water partition coefficient (Wildman–Crippen LogP) is 2.58. The first kappa shape index (κ1) is 18.3. The number of aryl methyl sites for hydroxylation is 1. The molecule has 0 N–H and O–H groups in total. The molecule has 3 heterocycles. The fourth-order valence-corrected chi connectivity index (χ4v) is 4.88. The average Bonchev–Trinajstić information content (AvgIpc) is 3.04. The Labute approximate surface area is 161 Å². The van der Waals surface area contributed by atoms with Crippen molar-refractivity contribution < 1.29 is 9.53 Å². The zero-order valence-electron chi connectivity index (χ0n) is 16.4. The summed E-state index contributed by atoms with van der Waals surface area (Å²) in [4.78, 5) is 18.4. The number of methoxy groups -OCH3 is 1. The Morgan fingerprint density at radius 2 is 1.70 bits per heavy atom. The molecule has 2 aromatic rings. The van der Waals surface area contributed by atoms with Gasteiger partial charge in [-0.25, -0.2) is 9.66 Å². The molecule has 2 saturated heterocycles. The quantitative estimate of drug-likeness (QED) is 0.775. The van der Waals surface area contributed by atoms with E-state index < -0.39 is 0 Å². The smallest absolute Gasteiger partial charge is 0.319 e. The highest BCUT2D eigenvalue weighted by Crippen LogP contribution is 2.32. The normalized spacial score (nSPS) is 20.3. The van der Waals surface area contributed by atoms with E-state index in [9.17, 15) is 4.79 Å². The fraction of sp³-hybridized carbons (Fsp3) is 0.619. The molecule has 146 valence electrons. The van der Waals surface area contributed by atoms with Gasteiger partial charge in [0.1, 0.15) is 5.82 Å². The molecule has 6 heteroatoms. The van der Waals surface area contributed by atoms with Crippen molar-refractivity contribution in [3.05, 3.63) is 30.1 Å². The molecule has 1 aromatic carbocycles. The number of carbonyl (C=O) groups excluding carboxylic acids is 1. The number of piperidine rings is 2. The molecule has 0 spiro atoms. The van der Waals surface area contributed by atoms with Crippen LogP contribution in [-0.4, -0.2) is 60.4 Å². The minimum absolute atomic E-state index is 0.121. The summed E-state index contributed by atoms with van der Waals surface area (Å²) in [5, 5.41) is 2.47. The molecule has 6 nitrogen and oxygen atoms in total. The van der Waals surface area contributed by atoms with Crippen LogP contribution in [0.1, 0.15) is 31.5 Å². The number of hydrogen-bond acceptors (Lipinski definition) is 5. The summed E-state index contributed by atoms with van der Waals surface area (Å²) in [6.07, 6.45) is 4.89. The van der Waals surface area contributed by atoms with E-state index in [1.807, 2.05) is 0 Å². The number of ether oxygens (including phenoxy) is 1. The zero-order chi connectivity index (χ0) is 18.8. The Kier molecular flexibility index (Phi) is 5.34. The number of fused-ring (bicyclic) bond motifs is 1. The van der Waals surface area contributed by atoms with Gasteiger partial charge < -0.3 is 9.75 Å². The lowest BCUT2D eigenvalue weighted by atomic mass is 9.79. The molecular formula is C21H30N4O2. The van der Waals surface area contributed by atoms with Crippen molar-refractivity contribution >= 4 is 17.0 Å². The van der Waals surface area contributed by atoms with E-state index in [4.69, 9.17) is 9.72 Å². The number of benzene rings is 1. The second kappa shape index (κ2) is 7.89. The number of imidazole rings is 1. The van der Waals surface area contributed by atoms with Gasteiger partial charge in [0, 0.05) is 13.1 Å². The molecule has 0 bridgehead atoms. The summed E-state index contributed by atoms with van der Waals surface area (Å²) in [5.41, 5.74) is 2.29. The van der Waals surface area contributed by atoms with Crippen LogP contribution >= 0.6 is 0 Å². The minimum Gasteiger partial charge on any atom is -0.468 e. The maximum Gasteiger partial charge on any atom is 0.319 e. The molecular weight excluding hydrogens is 340 g/mol. The van der Waals surface area contributed by atoms with Gasteiger partial charge in [0.15, 0.2) is 0 Å². The minimum atomic E-state index is -0.121. The second-order valence-corrected chi connectivity index (χ2v) is 7.94. The largest absolute Gasteiger partial charge is 0.468 e. The van der Waals surface area contributed by atoms with E-state index in [1.54, 1.807) is 0 Å². The standard InChI is InChI=1S/C21H30N4O2/c1-16-22-19-5-3-4-6-20(19)25(16)24-13-9-18(10-14-24)17-7-11-23(12-8-17)15-21(26)27-2/h3-6,17-18H,7-15H2,1-2H3. The summed E-state index contributed by atoms with van der Waals surface area (Å²) in [6.45, 7) is 6.76. The van der Waals surface area contributed by atoms with Crippen molar-refractivity contribution in [2.45, 2.75) is 32.6 Å². The second-order valence-electron chi connectivity index (χ2n) is 7.94. The van der Waals surface area contributed by atoms with Crippen LogP contribution in [-0.2, 0) is 9.53 Å². The number of likely N-dealkylation sites (tertiary alicyclic amines) is 1. The highest BCUT2D eigenvalue weighted by Gasteiger charge is 2.30. The number of hydrogen-bond donors (Lipinski definition) is 0. The molecule has 2 fully saturated rings. The van der Waals surface area contributed by atoms with Crippen molar-refractivity contribution in [3.8, 4) is 0 Å². The molecule has 1 aromatic heterocycles. The summed E-state index contributed by atoms with van der Waals surface area (Å²) in [7, 11) is 1.47. The summed E-state index contributed by atoms with van der Waals surface area (Å²) >= 11 is 0. The lowest BCUT2D eigenvalue weighted by Gasteiger charge is -2.41. The van der Waals surface area contributed by atoms with Crippen molar-refractivity contribution in [3.63, 3.8) is 0 Å². The molecule has 0 unspecified atom stereocenters. The first-order valence-corrected chi connectivity index (χ1v) is 10.1. The number of carbonyl (C=O) groups is 1. The Hall–Kier alpha value is -2.08. The molecule has 0 aliphatic carbocycles. The van der Waals surface area contributed by atoms with E-state index in [2.05, 4.69) is 45.8 Å². The first-order valence-electron chi connectivity index (χ1n) is 10.1. The van der Waals surface area contributed by atoms with E-state index in [1.165, 1.54) is 38.3 Å². The van der Waals surface area contributed by atoms with Gasteiger partial charge in [0.05, 0.1) is 24.7 Å². The van der Waals surface area contributed by atoms with Gasteiger partial charge in [0.25, 0.3) is 0 Å². The number of rotatable bonds is 4. The van der Waals surface area contributed by atoms with E-state index in [-0.39, 0.29) is 5.97 Å². The fourth-order valence-electron chi connectivity index (χ4n) is 4.88. The average molecular weight is 370 g/mol. The van der Waals surface area contributed by atoms with E-state index in [0.717, 1.165) is 49.4 Å². The molecule has 2 aliphatic rings. The van der Waals surface area contributed by atoms with Crippen molar-refractivity contribution in [2.75, 3.05) is 44.8 Å². The Balaban J connectivity index is 1.33. The third-order valence-electron chi connectivity index (χ3n) is 6.38. The van der Waals surface area contributed by atoms with Crippen LogP contribution in [0.25, 0.3) is 11.0 Å². The van der Waals surface area contributed by atoms with Crippen LogP contribution in [0, 0.1) is 18.8 Å². The van der Waals surface area contributed by atoms with Crippen molar-refractivity contribution in [1.29, 1.82) is 0 Å². The molecule has 2 aliphatic heterocycles. The Morgan fingerprint density at radius 1 is 1.07 bits per heavy atom. The highest BCUT2D eigenvalue weighted by atomic mass is 16.5. The molecule has 0 saturated carbocycles. The lowest BCUT2D eigenvalue weighted by Crippen LogP contribution is -2.45. The van der Waals surface area contributed by atoms with Gasteiger partial charge in [-0.2, -0.15) is 0 Å². The predicted molar refractivity (Wildman–Crippen MR) is 106 cm³/mol. The van der Waals surface area contributed by atoms with Gasteiger partial charge in [-0.1, -0.05) is 12.1 Å². The molecule has 0 atom stereocenters. The Morgan fingerprint density at radius 3 is 2.37 bits per heavy atom. The van der Waals surface area contributed by atoms with Gasteiger partial charge >= 0.3 is 5.97 Å². The van der Waals surface area contributed by atoms with Crippen LogP contribution in [0.4, 0.5) is 0 Å². The van der Waals surface area contributed by atoms with Crippen LogP contribution in [0.3, 0.4) is 0 Å². The van der Waals surface area contributed by atoms with Gasteiger partial charge in [-0.15, -0.1) is 0 Å². The highest BCUT2D eigenvalue weighted by molar-refractivity contribution is 5.76. The summed E-state index contributed by atoms with van der Waals surface area (Å²) in [6, 6.07) is 8.40. The van der Waals surface area contributed by atoms with Crippen LogP contribution in [0.5, 0.6) is 0 Å². The number of nitrogens with zero attached hydrogens (tertiary/aromatic N) is 4. The number of para-hydroxylation sites is 2. The Bertz CT molecular complexity index is 787. The van der Waals surface area contributed by atoms with Crippen molar-refractivity contribution in [1.82, 2.24) is 14.6 Å². The first-order chi connectivity index (χ1) is 13.2. The molecule has 0 amide bonds. The molecule has 27 heavy (non-hydrogen) atoms. The van der Waals surface area contributed by atoms with Crippen LogP contribution < -0.4 is 5.01 Å². The monoisotopic (exact) mass is 370 g/mol. The SMILES string of the molecule is COC(=O)CN1CCC(C2CCN(n3c(C)nc4ccccc43)CC2)CC1. The molecule has 0 radical (unpaired) electrons. The van der Waals surface area contributed by atoms with Crippen LogP contribution in [0.2, 0.25) is 0 Å². The summed E-state index contributed by atoms with van der Waals surface area (Å²) in [5.74, 6) is 2.55. The maximum atomic E-state index is 11.5. The van der Waals surface area contributed by atoms with Crippen molar-refractivity contribution in [2.24, 2.45) is 11.8 Å². The van der Waals surface area contributed by atoms with E-state index >= 15 is 0 Å². The van der Waals surface area contributed by atoms with Gasteiger partial charge in [0.2, 0.25) is 0 Å². The van der Waals surface area contributed by atoms with Gasteiger partial charge in [-0.3, -0.25) is 9.69 Å². The number of aromatic nitrogens is 2. The van der Waals surface area contributed by atoms with Gasteiger partial charge in [-0.05, 0) is 69.7 Å². The third-order valence-corrected chi connectivity index (χ3v) is 6.38.